The fourth-order valence-corrected chi connectivity index (χ4v) is 4.97. The zero-order valence-corrected chi connectivity index (χ0v) is 19.4. The lowest BCUT2D eigenvalue weighted by Gasteiger charge is -2.23. The Hall–Kier alpha value is -4.10. The first-order valence-electron chi connectivity index (χ1n) is 10.9. The van der Waals surface area contributed by atoms with E-state index >= 15 is 0 Å². The molecule has 6 nitrogen and oxygen atoms in total. The molecule has 2 amide bonds. The van der Waals surface area contributed by atoms with Gasteiger partial charge in [0.2, 0.25) is 0 Å². The maximum Gasteiger partial charge on any atom is 0.320 e. The molecule has 0 aliphatic rings. The topological polar surface area (TPSA) is 71.3 Å². The van der Waals surface area contributed by atoms with E-state index in [1.54, 1.807) is 28.7 Å². The standard InChI is InChI=1S/C27H23N5OS/c1-19-10-8-15-23(34-21-13-6-3-7-14-21)25(19)26(22-18-28-24-16-9-17-29-32(22)24)31-27(33)30-20-11-4-2-5-12-20/h2-18,26H,1H3,(H2,30,31,33). The molecule has 0 saturated heterocycles. The number of aryl methyl sites for hydroxylation is 1. The van der Waals surface area contributed by atoms with Crippen LogP contribution in [0.3, 0.4) is 0 Å². The first kappa shape index (κ1) is 21.7. The van der Waals surface area contributed by atoms with Crippen LogP contribution in [0.25, 0.3) is 5.65 Å². The Morgan fingerprint density at radius 3 is 2.47 bits per heavy atom. The van der Waals surface area contributed by atoms with Gasteiger partial charge in [0.25, 0.3) is 0 Å². The summed E-state index contributed by atoms with van der Waals surface area (Å²) in [5.41, 5.74) is 4.30. The molecule has 7 heteroatoms. The molecule has 1 unspecified atom stereocenters. The molecule has 0 aliphatic heterocycles. The van der Waals surface area contributed by atoms with Gasteiger partial charge in [-0.15, -0.1) is 0 Å². The minimum absolute atomic E-state index is 0.305. The highest BCUT2D eigenvalue weighted by Crippen LogP contribution is 2.37. The van der Waals surface area contributed by atoms with Gasteiger partial charge in [-0.05, 0) is 60.5 Å². The molecule has 3 aromatic carbocycles. The van der Waals surface area contributed by atoms with Gasteiger partial charge in [-0.1, -0.05) is 60.3 Å². The molecular weight excluding hydrogens is 442 g/mol. The number of carbonyl (C=O) groups excluding carboxylic acids is 1. The second kappa shape index (κ2) is 9.80. The summed E-state index contributed by atoms with van der Waals surface area (Å²) in [5.74, 6) is 0. The Morgan fingerprint density at radius 2 is 1.68 bits per heavy atom. The summed E-state index contributed by atoms with van der Waals surface area (Å²) < 4.78 is 1.77. The lowest BCUT2D eigenvalue weighted by atomic mass is 9.99. The fourth-order valence-electron chi connectivity index (χ4n) is 3.89. The number of urea groups is 1. The lowest BCUT2D eigenvalue weighted by Crippen LogP contribution is -2.34. The predicted molar refractivity (Wildman–Crippen MR) is 135 cm³/mol. The highest BCUT2D eigenvalue weighted by molar-refractivity contribution is 7.99. The van der Waals surface area contributed by atoms with E-state index in [2.05, 4.69) is 51.9 Å². The van der Waals surface area contributed by atoms with Crippen LogP contribution >= 0.6 is 11.8 Å². The largest absolute Gasteiger partial charge is 0.325 e. The summed E-state index contributed by atoms with van der Waals surface area (Å²) in [7, 11) is 0. The molecule has 5 rings (SSSR count). The molecule has 34 heavy (non-hydrogen) atoms. The van der Waals surface area contributed by atoms with Crippen molar-refractivity contribution in [3.8, 4) is 0 Å². The van der Waals surface area contributed by atoms with Crippen LogP contribution in [-0.2, 0) is 0 Å². The monoisotopic (exact) mass is 465 g/mol. The third kappa shape index (κ3) is 4.65. The molecule has 0 radical (unpaired) electrons. The maximum atomic E-state index is 13.1. The lowest BCUT2D eigenvalue weighted by molar-refractivity contribution is 0.249. The van der Waals surface area contributed by atoms with Gasteiger partial charge < -0.3 is 10.6 Å². The van der Waals surface area contributed by atoms with E-state index < -0.39 is 6.04 Å². The smallest absolute Gasteiger partial charge is 0.320 e. The number of nitrogens with zero attached hydrogens (tertiary/aromatic N) is 3. The summed E-state index contributed by atoms with van der Waals surface area (Å²) in [6.45, 7) is 2.06. The maximum absolute atomic E-state index is 13.1. The van der Waals surface area contributed by atoms with Gasteiger partial charge in [-0.25, -0.2) is 14.3 Å². The van der Waals surface area contributed by atoms with Crippen molar-refractivity contribution in [1.82, 2.24) is 19.9 Å². The van der Waals surface area contributed by atoms with E-state index in [0.717, 1.165) is 37.9 Å². The zero-order valence-electron chi connectivity index (χ0n) is 18.6. The number of hydrogen-bond acceptors (Lipinski definition) is 4. The van der Waals surface area contributed by atoms with Gasteiger partial charge in [0.1, 0.15) is 6.04 Å². The number of carbonyl (C=O) groups is 1. The Kier molecular flexibility index (Phi) is 6.27. The van der Waals surface area contributed by atoms with E-state index in [1.165, 1.54) is 0 Å². The van der Waals surface area contributed by atoms with Crippen molar-refractivity contribution < 1.29 is 4.79 Å². The van der Waals surface area contributed by atoms with Crippen molar-refractivity contribution in [2.24, 2.45) is 0 Å². The number of amides is 2. The van der Waals surface area contributed by atoms with Crippen molar-refractivity contribution in [3.63, 3.8) is 0 Å². The number of anilines is 1. The Morgan fingerprint density at radius 1 is 0.912 bits per heavy atom. The molecule has 0 bridgehead atoms. The molecule has 2 heterocycles. The van der Waals surface area contributed by atoms with Crippen molar-refractivity contribution in [2.45, 2.75) is 22.8 Å². The fraction of sp³-hybridized carbons (Fsp3) is 0.0741. The van der Waals surface area contributed by atoms with Crippen LogP contribution < -0.4 is 10.6 Å². The number of imidazole rings is 1. The van der Waals surface area contributed by atoms with Crippen LogP contribution in [0, 0.1) is 6.92 Å². The minimum atomic E-state index is -0.471. The molecule has 168 valence electrons. The minimum Gasteiger partial charge on any atom is -0.325 e. The second-order valence-electron chi connectivity index (χ2n) is 7.78. The number of para-hydroxylation sites is 1. The number of fused-ring (bicyclic) bond motifs is 1. The Labute approximate surface area is 202 Å². The zero-order chi connectivity index (χ0) is 23.3. The van der Waals surface area contributed by atoms with E-state index in [9.17, 15) is 4.79 Å². The summed E-state index contributed by atoms with van der Waals surface area (Å²) in [6, 6.07) is 28.8. The van der Waals surface area contributed by atoms with Gasteiger partial charge in [0.05, 0.1) is 11.9 Å². The van der Waals surface area contributed by atoms with E-state index in [1.807, 2.05) is 66.7 Å². The number of rotatable bonds is 6. The van der Waals surface area contributed by atoms with Crippen molar-refractivity contribution in [3.05, 3.63) is 120 Å². The number of aromatic nitrogens is 3. The Bertz CT molecular complexity index is 1420. The normalized spacial score (nSPS) is 11.8. The third-order valence-electron chi connectivity index (χ3n) is 5.45. The second-order valence-corrected chi connectivity index (χ2v) is 8.89. The van der Waals surface area contributed by atoms with Crippen LogP contribution in [0.1, 0.15) is 22.9 Å². The highest BCUT2D eigenvalue weighted by atomic mass is 32.2. The van der Waals surface area contributed by atoms with Crippen LogP contribution in [0.15, 0.2) is 113 Å². The van der Waals surface area contributed by atoms with Gasteiger partial charge in [-0.2, -0.15) is 5.10 Å². The molecule has 2 aromatic heterocycles. The highest BCUT2D eigenvalue weighted by Gasteiger charge is 2.26. The summed E-state index contributed by atoms with van der Waals surface area (Å²) in [5, 5.41) is 10.6. The van der Waals surface area contributed by atoms with Crippen LogP contribution in [0.2, 0.25) is 0 Å². The molecule has 1 atom stereocenters. The molecule has 2 N–H and O–H groups in total. The number of nitrogens with one attached hydrogen (secondary N) is 2. The quantitative estimate of drug-likeness (QED) is 0.318. The average molecular weight is 466 g/mol. The van der Waals surface area contributed by atoms with Crippen molar-refractivity contribution in [1.29, 1.82) is 0 Å². The van der Waals surface area contributed by atoms with Gasteiger partial charge in [0.15, 0.2) is 5.65 Å². The molecule has 0 spiro atoms. The van der Waals surface area contributed by atoms with Gasteiger partial charge in [-0.3, -0.25) is 0 Å². The van der Waals surface area contributed by atoms with E-state index in [0.29, 0.717) is 0 Å². The molecule has 0 saturated carbocycles. The SMILES string of the molecule is Cc1cccc(Sc2ccccc2)c1C(NC(=O)Nc1ccccc1)c1cnc2cccnn12. The van der Waals surface area contributed by atoms with Crippen molar-refractivity contribution in [2.75, 3.05) is 5.32 Å². The van der Waals surface area contributed by atoms with Crippen molar-refractivity contribution >= 4 is 29.1 Å². The first-order valence-corrected chi connectivity index (χ1v) is 11.7. The molecular formula is C27H23N5OS. The van der Waals surface area contributed by atoms with Crippen LogP contribution in [0.4, 0.5) is 10.5 Å². The predicted octanol–water partition coefficient (Wildman–Crippen LogP) is 6.10. The third-order valence-corrected chi connectivity index (χ3v) is 6.53. The van der Waals surface area contributed by atoms with E-state index in [4.69, 9.17) is 0 Å². The van der Waals surface area contributed by atoms with Gasteiger partial charge in [0, 0.05) is 21.7 Å². The summed E-state index contributed by atoms with van der Waals surface area (Å²) >= 11 is 1.67. The average Bonchev–Trinajstić information content (AvgIpc) is 3.28. The Balaban J connectivity index is 1.58. The first-order chi connectivity index (χ1) is 16.7. The van der Waals surface area contributed by atoms with Gasteiger partial charge >= 0.3 is 6.03 Å². The molecule has 5 aromatic rings. The summed E-state index contributed by atoms with van der Waals surface area (Å²) in [4.78, 5) is 19.8. The number of benzene rings is 3. The van der Waals surface area contributed by atoms with Crippen LogP contribution in [-0.4, -0.2) is 20.6 Å². The van der Waals surface area contributed by atoms with E-state index in [-0.39, 0.29) is 6.03 Å². The number of hydrogen-bond donors (Lipinski definition) is 2. The molecule has 0 fully saturated rings. The summed E-state index contributed by atoms with van der Waals surface area (Å²) in [6.07, 6.45) is 3.50. The molecule has 0 aliphatic carbocycles. The van der Waals surface area contributed by atoms with Crippen LogP contribution in [0.5, 0.6) is 0 Å².